The van der Waals surface area contributed by atoms with E-state index in [9.17, 15) is 4.79 Å². The van der Waals surface area contributed by atoms with Crippen LogP contribution in [-0.4, -0.2) is 41.0 Å². The maximum atomic E-state index is 12.1. The van der Waals surface area contributed by atoms with Crippen LogP contribution in [0.4, 0.5) is 0 Å². The average Bonchev–Trinajstić information content (AvgIpc) is 3.21. The molecule has 0 bridgehead atoms. The highest BCUT2D eigenvalue weighted by molar-refractivity contribution is 5.81. The quantitative estimate of drug-likeness (QED) is 0.358. The molecular formula is C29H33N3O3. The van der Waals surface area contributed by atoms with Gasteiger partial charge < -0.3 is 8.83 Å². The number of fused-ring (bicyclic) bond motifs is 1. The van der Waals surface area contributed by atoms with Crippen molar-refractivity contribution in [1.82, 2.24) is 14.8 Å². The van der Waals surface area contributed by atoms with E-state index in [1.807, 2.05) is 19.1 Å². The van der Waals surface area contributed by atoms with Gasteiger partial charge in [0.05, 0.1) is 5.69 Å². The Bertz CT molecular complexity index is 1410. The van der Waals surface area contributed by atoms with Gasteiger partial charge >= 0.3 is 5.63 Å². The lowest BCUT2D eigenvalue weighted by molar-refractivity contribution is 0.121. The number of nitrogens with zero attached hydrogens (tertiary/aromatic N) is 3. The third kappa shape index (κ3) is 5.09. The van der Waals surface area contributed by atoms with Crippen molar-refractivity contribution in [1.29, 1.82) is 0 Å². The van der Waals surface area contributed by atoms with E-state index in [1.165, 1.54) is 16.7 Å². The zero-order chi connectivity index (χ0) is 24.5. The molecule has 2 aromatic heterocycles. The first-order valence-corrected chi connectivity index (χ1v) is 12.4. The van der Waals surface area contributed by atoms with Crippen LogP contribution in [0.15, 0.2) is 56.1 Å². The molecule has 1 saturated heterocycles. The SMILES string of the molecule is CCc1ccc2oc(=O)cc(CN3CCN(Cc4nc(-c5cc(C)ccc5C)oc4C)CC3)c2c1. The summed E-state index contributed by atoms with van der Waals surface area (Å²) in [6.07, 6.45) is 0.958. The first-order valence-electron chi connectivity index (χ1n) is 12.4. The fourth-order valence-corrected chi connectivity index (χ4v) is 4.84. The van der Waals surface area contributed by atoms with Crippen LogP contribution >= 0.6 is 0 Å². The Labute approximate surface area is 206 Å². The van der Waals surface area contributed by atoms with Crippen LogP contribution in [0, 0.1) is 20.8 Å². The standard InChI is InChI=1S/C29H33N3O3/c1-5-22-8-9-27-25(15-22)23(16-28(33)35-27)17-31-10-12-32(13-11-31)18-26-21(4)34-29(30-26)24-14-19(2)6-7-20(24)3/h6-9,14-16H,5,10-13,17-18H2,1-4H3. The van der Waals surface area contributed by atoms with E-state index in [0.29, 0.717) is 11.5 Å². The van der Waals surface area contributed by atoms with Gasteiger partial charge in [0.15, 0.2) is 0 Å². The Morgan fingerprint density at radius 1 is 0.886 bits per heavy atom. The summed E-state index contributed by atoms with van der Waals surface area (Å²) in [6.45, 7) is 13.6. The van der Waals surface area contributed by atoms with Gasteiger partial charge in [0.1, 0.15) is 11.3 Å². The van der Waals surface area contributed by atoms with Gasteiger partial charge in [-0.1, -0.05) is 30.7 Å². The summed E-state index contributed by atoms with van der Waals surface area (Å²) in [4.78, 5) is 21.8. The second kappa shape index (κ2) is 9.80. The Morgan fingerprint density at radius 2 is 1.63 bits per heavy atom. The van der Waals surface area contributed by atoms with Crippen molar-refractivity contribution in [3.05, 3.63) is 86.6 Å². The number of hydrogen-bond acceptors (Lipinski definition) is 6. The number of hydrogen-bond donors (Lipinski definition) is 0. The topological polar surface area (TPSA) is 62.7 Å². The van der Waals surface area contributed by atoms with Crippen molar-refractivity contribution in [3.63, 3.8) is 0 Å². The van der Waals surface area contributed by atoms with Crippen LogP contribution in [0.3, 0.4) is 0 Å². The number of aromatic nitrogens is 1. The van der Waals surface area contributed by atoms with Gasteiger partial charge in [-0.05, 0) is 62.1 Å². The van der Waals surface area contributed by atoms with Crippen molar-refractivity contribution >= 4 is 11.0 Å². The smallest absolute Gasteiger partial charge is 0.336 e. The van der Waals surface area contributed by atoms with Gasteiger partial charge in [-0.2, -0.15) is 0 Å². The van der Waals surface area contributed by atoms with Crippen molar-refractivity contribution in [2.45, 2.75) is 47.2 Å². The highest BCUT2D eigenvalue weighted by Crippen LogP contribution is 2.27. The molecule has 1 aliphatic heterocycles. The summed E-state index contributed by atoms with van der Waals surface area (Å²) in [5, 5.41) is 1.04. The van der Waals surface area contributed by atoms with Gasteiger partial charge in [-0.25, -0.2) is 9.78 Å². The molecule has 4 aromatic rings. The molecule has 35 heavy (non-hydrogen) atoms. The van der Waals surface area contributed by atoms with Gasteiger partial charge in [0.2, 0.25) is 5.89 Å². The second-order valence-electron chi connectivity index (χ2n) is 9.67. The van der Waals surface area contributed by atoms with E-state index in [-0.39, 0.29) is 5.63 Å². The summed E-state index contributed by atoms with van der Waals surface area (Å²) in [5.41, 5.74) is 7.13. The molecule has 1 aliphatic rings. The lowest BCUT2D eigenvalue weighted by Crippen LogP contribution is -2.45. The second-order valence-corrected chi connectivity index (χ2v) is 9.67. The highest BCUT2D eigenvalue weighted by Gasteiger charge is 2.21. The lowest BCUT2D eigenvalue weighted by atomic mass is 10.0. The zero-order valence-corrected chi connectivity index (χ0v) is 21.1. The minimum atomic E-state index is -0.281. The van der Waals surface area contributed by atoms with E-state index in [1.54, 1.807) is 6.07 Å². The van der Waals surface area contributed by atoms with Gasteiger partial charge in [-0.15, -0.1) is 0 Å². The predicted octanol–water partition coefficient (Wildman–Crippen LogP) is 5.25. The summed E-state index contributed by atoms with van der Waals surface area (Å²) < 4.78 is 11.5. The molecule has 6 nitrogen and oxygen atoms in total. The van der Waals surface area contributed by atoms with Crippen LogP contribution in [0.5, 0.6) is 0 Å². The zero-order valence-electron chi connectivity index (χ0n) is 21.1. The molecule has 1 fully saturated rings. The minimum Gasteiger partial charge on any atom is -0.441 e. The molecule has 2 aromatic carbocycles. The van der Waals surface area contributed by atoms with Crippen molar-refractivity contribution in [2.75, 3.05) is 26.2 Å². The molecule has 0 radical (unpaired) electrons. The maximum Gasteiger partial charge on any atom is 0.336 e. The predicted molar refractivity (Wildman–Crippen MR) is 139 cm³/mol. The maximum absolute atomic E-state index is 12.1. The fourth-order valence-electron chi connectivity index (χ4n) is 4.84. The molecule has 3 heterocycles. The fraction of sp³-hybridized carbons (Fsp3) is 0.379. The number of aryl methyl sites for hydroxylation is 4. The summed E-state index contributed by atoms with van der Waals surface area (Å²) in [7, 11) is 0. The lowest BCUT2D eigenvalue weighted by Gasteiger charge is -2.34. The van der Waals surface area contributed by atoms with E-state index in [2.05, 4.69) is 54.8 Å². The summed E-state index contributed by atoms with van der Waals surface area (Å²) in [6, 6.07) is 14.1. The summed E-state index contributed by atoms with van der Waals surface area (Å²) in [5.74, 6) is 1.59. The van der Waals surface area contributed by atoms with Gasteiger partial charge in [-0.3, -0.25) is 9.80 Å². The van der Waals surface area contributed by atoms with E-state index in [0.717, 1.165) is 73.7 Å². The van der Waals surface area contributed by atoms with Gasteiger partial charge in [0.25, 0.3) is 0 Å². The van der Waals surface area contributed by atoms with Crippen LogP contribution in [-0.2, 0) is 19.5 Å². The molecule has 6 heteroatoms. The van der Waals surface area contributed by atoms with E-state index < -0.39 is 0 Å². The third-order valence-corrected chi connectivity index (χ3v) is 7.05. The highest BCUT2D eigenvalue weighted by atomic mass is 16.4. The molecule has 0 N–H and O–H groups in total. The molecule has 0 spiro atoms. The van der Waals surface area contributed by atoms with E-state index >= 15 is 0 Å². The summed E-state index contributed by atoms with van der Waals surface area (Å²) >= 11 is 0. The average molecular weight is 472 g/mol. The van der Waals surface area contributed by atoms with Crippen LogP contribution in [0.25, 0.3) is 22.4 Å². The first kappa shape index (κ1) is 23.5. The molecule has 0 amide bonds. The molecule has 182 valence electrons. The Kier molecular flexibility index (Phi) is 6.58. The Balaban J connectivity index is 1.25. The van der Waals surface area contributed by atoms with Crippen LogP contribution in [0.2, 0.25) is 0 Å². The van der Waals surface area contributed by atoms with Crippen molar-refractivity contribution < 1.29 is 8.83 Å². The van der Waals surface area contributed by atoms with Gasteiger partial charge in [0, 0.05) is 56.3 Å². The third-order valence-electron chi connectivity index (χ3n) is 7.05. The Morgan fingerprint density at radius 3 is 2.37 bits per heavy atom. The number of rotatable bonds is 6. The Hall–Kier alpha value is -3.22. The van der Waals surface area contributed by atoms with Crippen molar-refractivity contribution in [2.24, 2.45) is 0 Å². The molecule has 5 rings (SSSR count). The van der Waals surface area contributed by atoms with Crippen LogP contribution in [0.1, 0.15) is 40.6 Å². The minimum absolute atomic E-state index is 0.281. The monoisotopic (exact) mass is 471 g/mol. The number of piperazine rings is 1. The first-order chi connectivity index (χ1) is 16.9. The number of oxazole rings is 1. The largest absolute Gasteiger partial charge is 0.441 e. The molecule has 0 atom stereocenters. The van der Waals surface area contributed by atoms with Crippen LogP contribution < -0.4 is 5.63 Å². The number of benzene rings is 2. The molecule has 0 saturated carbocycles. The molecular weight excluding hydrogens is 438 g/mol. The molecule has 0 unspecified atom stereocenters. The van der Waals surface area contributed by atoms with E-state index in [4.69, 9.17) is 13.8 Å². The molecule has 0 aliphatic carbocycles. The normalized spacial score (nSPS) is 15.2. The van der Waals surface area contributed by atoms with Crippen molar-refractivity contribution in [3.8, 4) is 11.5 Å².